The molecule has 1 heterocycles. The molecule has 0 radical (unpaired) electrons. The largest absolute Gasteiger partial charge is 0.311 e. The van der Waals surface area contributed by atoms with Gasteiger partial charge in [0, 0.05) is 31.1 Å². The quantitative estimate of drug-likeness (QED) is 0.793. The van der Waals surface area contributed by atoms with E-state index < -0.39 is 0 Å². The first-order valence-corrected chi connectivity index (χ1v) is 8.95. The third-order valence-corrected chi connectivity index (χ3v) is 4.83. The van der Waals surface area contributed by atoms with Gasteiger partial charge in [0.05, 0.1) is 5.69 Å². The number of rotatable bonds is 8. The molecule has 0 unspecified atom stereocenters. The molecule has 0 saturated heterocycles. The number of nitrogens with one attached hydrogen (secondary N) is 1. The monoisotopic (exact) mass is 295 g/mol. The molecule has 1 N–H and O–H groups in total. The Bertz CT molecular complexity index is 383. The van der Waals surface area contributed by atoms with E-state index >= 15 is 0 Å². The van der Waals surface area contributed by atoms with Gasteiger partial charge in [0.2, 0.25) is 0 Å². The number of aromatic nitrogens is 1. The first kappa shape index (κ1) is 15.9. The number of hydrogen-bond donors (Lipinski definition) is 1. The molecule has 114 valence electrons. The van der Waals surface area contributed by atoms with Crippen LogP contribution in [0.5, 0.6) is 0 Å². The zero-order chi connectivity index (χ0) is 14.4. The van der Waals surface area contributed by atoms with Crippen molar-refractivity contribution in [3.05, 3.63) is 16.1 Å². The highest BCUT2D eigenvalue weighted by atomic mass is 32.1. The molecule has 1 saturated carbocycles. The predicted molar refractivity (Wildman–Crippen MR) is 87.0 cm³/mol. The Hall–Kier alpha value is -0.450. The van der Waals surface area contributed by atoms with Gasteiger partial charge in [-0.15, -0.1) is 11.3 Å². The number of nitrogens with zero attached hydrogens (tertiary/aromatic N) is 2. The Morgan fingerprint density at radius 3 is 2.80 bits per heavy atom. The summed E-state index contributed by atoms with van der Waals surface area (Å²) in [4.78, 5) is 7.45. The van der Waals surface area contributed by atoms with E-state index in [2.05, 4.69) is 36.4 Å². The van der Waals surface area contributed by atoms with E-state index in [4.69, 9.17) is 4.98 Å². The van der Waals surface area contributed by atoms with Crippen molar-refractivity contribution in [3.8, 4) is 0 Å². The van der Waals surface area contributed by atoms with Gasteiger partial charge in [-0.05, 0) is 25.3 Å². The van der Waals surface area contributed by atoms with Crippen LogP contribution >= 0.6 is 11.3 Å². The van der Waals surface area contributed by atoms with E-state index in [1.165, 1.54) is 42.9 Å². The fourth-order valence-electron chi connectivity index (χ4n) is 3.02. The Morgan fingerprint density at radius 1 is 1.40 bits per heavy atom. The number of thiazole rings is 1. The summed E-state index contributed by atoms with van der Waals surface area (Å²) in [6, 6.07) is 0.788. The minimum Gasteiger partial charge on any atom is -0.311 e. The molecule has 1 aliphatic carbocycles. The molecule has 0 amide bonds. The molecule has 20 heavy (non-hydrogen) atoms. The summed E-state index contributed by atoms with van der Waals surface area (Å²) in [5.41, 5.74) is 1.26. The lowest BCUT2D eigenvalue weighted by Crippen LogP contribution is -2.35. The minimum absolute atomic E-state index is 0.732. The smallest absolute Gasteiger partial charge is 0.107 e. The molecule has 1 aromatic rings. The molecule has 3 nitrogen and oxygen atoms in total. The van der Waals surface area contributed by atoms with Crippen molar-refractivity contribution in [1.82, 2.24) is 15.2 Å². The van der Waals surface area contributed by atoms with Crippen LogP contribution in [-0.4, -0.2) is 29.0 Å². The molecule has 0 aromatic carbocycles. The summed E-state index contributed by atoms with van der Waals surface area (Å²) in [5, 5.41) is 6.82. The maximum absolute atomic E-state index is 4.78. The molecule has 1 aromatic heterocycles. The predicted octanol–water partition coefficient (Wildman–Crippen LogP) is 3.65. The third kappa shape index (κ3) is 4.83. The second kappa shape index (κ2) is 8.11. The van der Waals surface area contributed by atoms with Gasteiger partial charge in [0.1, 0.15) is 5.01 Å². The maximum Gasteiger partial charge on any atom is 0.107 e. The molecule has 2 rings (SSSR count). The zero-order valence-electron chi connectivity index (χ0n) is 13.2. The summed E-state index contributed by atoms with van der Waals surface area (Å²) < 4.78 is 0. The van der Waals surface area contributed by atoms with Crippen LogP contribution in [0, 0.1) is 5.92 Å². The lowest BCUT2D eigenvalue weighted by molar-refractivity contribution is 0.167. The molecule has 0 aliphatic heterocycles. The molecule has 1 aliphatic rings. The fourth-order valence-corrected chi connectivity index (χ4v) is 3.78. The van der Waals surface area contributed by atoms with Crippen LogP contribution in [-0.2, 0) is 13.1 Å². The van der Waals surface area contributed by atoms with E-state index in [9.17, 15) is 0 Å². The highest BCUT2D eigenvalue weighted by Crippen LogP contribution is 2.26. The summed E-state index contributed by atoms with van der Waals surface area (Å²) in [6.45, 7) is 10.9. The minimum atomic E-state index is 0.732. The van der Waals surface area contributed by atoms with Gasteiger partial charge in [-0.2, -0.15) is 0 Å². The number of hydrogen-bond acceptors (Lipinski definition) is 4. The Labute approximate surface area is 127 Å². The first-order chi connectivity index (χ1) is 9.69. The summed E-state index contributed by atoms with van der Waals surface area (Å²) in [7, 11) is 0. The van der Waals surface area contributed by atoms with Gasteiger partial charge < -0.3 is 5.32 Å². The second-order valence-electron chi connectivity index (χ2n) is 6.27. The van der Waals surface area contributed by atoms with Gasteiger partial charge in [0.15, 0.2) is 0 Å². The molecule has 4 heteroatoms. The van der Waals surface area contributed by atoms with Crippen LogP contribution in [0.4, 0.5) is 0 Å². The standard InChI is InChI=1S/C16H29N3S/c1-4-17-9-16-18-14(12-20-16)11-19(10-13(2)3)15-7-5-6-8-15/h12-13,15,17H,4-11H2,1-3H3. The molecular formula is C16H29N3S. The first-order valence-electron chi connectivity index (χ1n) is 8.07. The van der Waals surface area contributed by atoms with Crippen molar-refractivity contribution >= 4 is 11.3 Å². The molecule has 0 spiro atoms. The summed E-state index contributed by atoms with van der Waals surface area (Å²) >= 11 is 1.79. The van der Waals surface area contributed by atoms with Crippen LogP contribution in [0.25, 0.3) is 0 Å². The summed E-state index contributed by atoms with van der Waals surface area (Å²) in [5.74, 6) is 0.732. The van der Waals surface area contributed by atoms with Crippen molar-refractivity contribution in [2.24, 2.45) is 5.92 Å². The summed E-state index contributed by atoms with van der Waals surface area (Å²) in [6.07, 6.45) is 5.56. The average Bonchev–Trinajstić information content (AvgIpc) is 3.06. The molecule has 1 fully saturated rings. The zero-order valence-corrected chi connectivity index (χ0v) is 14.0. The highest BCUT2D eigenvalue weighted by Gasteiger charge is 2.23. The topological polar surface area (TPSA) is 28.2 Å². The maximum atomic E-state index is 4.78. The van der Waals surface area contributed by atoms with E-state index in [1.807, 2.05) is 0 Å². The second-order valence-corrected chi connectivity index (χ2v) is 7.22. The Kier molecular flexibility index (Phi) is 6.46. The van der Waals surface area contributed by atoms with E-state index in [0.29, 0.717) is 0 Å². The molecule has 0 atom stereocenters. The van der Waals surface area contributed by atoms with Crippen molar-refractivity contribution < 1.29 is 0 Å². The van der Waals surface area contributed by atoms with Crippen LogP contribution < -0.4 is 5.32 Å². The van der Waals surface area contributed by atoms with E-state index in [0.717, 1.165) is 31.6 Å². The van der Waals surface area contributed by atoms with Gasteiger partial charge in [0.25, 0.3) is 0 Å². The third-order valence-electron chi connectivity index (χ3n) is 3.93. The van der Waals surface area contributed by atoms with Crippen molar-refractivity contribution in [2.75, 3.05) is 13.1 Å². The van der Waals surface area contributed by atoms with E-state index in [-0.39, 0.29) is 0 Å². The lowest BCUT2D eigenvalue weighted by Gasteiger charge is -2.29. The lowest BCUT2D eigenvalue weighted by atomic mass is 10.1. The van der Waals surface area contributed by atoms with Gasteiger partial charge in [-0.25, -0.2) is 4.98 Å². The average molecular weight is 295 g/mol. The van der Waals surface area contributed by atoms with Gasteiger partial charge >= 0.3 is 0 Å². The Balaban J connectivity index is 1.93. The van der Waals surface area contributed by atoms with Crippen molar-refractivity contribution in [1.29, 1.82) is 0 Å². The van der Waals surface area contributed by atoms with Gasteiger partial charge in [-0.3, -0.25) is 4.90 Å². The van der Waals surface area contributed by atoms with Crippen LogP contribution in [0.15, 0.2) is 5.38 Å². The highest BCUT2D eigenvalue weighted by molar-refractivity contribution is 7.09. The SMILES string of the molecule is CCNCc1nc(CN(CC(C)C)C2CCCC2)cs1. The van der Waals surface area contributed by atoms with Crippen LogP contribution in [0.1, 0.15) is 57.2 Å². The van der Waals surface area contributed by atoms with Crippen molar-refractivity contribution in [2.45, 2.75) is 65.6 Å². The molecule has 0 bridgehead atoms. The van der Waals surface area contributed by atoms with Gasteiger partial charge in [-0.1, -0.05) is 33.6 Å². The van der Waals surface area contributed by atoms with Crippen molar-refractivity contribution in [3.63, 3.8) is 0 Å². The van der Waals surface area contributed by atoms with Crippen LogP contribution in [0.3, 0.4) is 0 Å². The van der Waals surface area contributed by atoms with E-state index in [1.54, 1.807) is 11.3 Å². The van der Waals surface area contributed by atoms with Crippen LogP contribution in [0.2, 0.25) is 0 Å². The molecular weight excluding hydrogens is 266 g/mol. The fraction of sp³-hybridized carbons (Fsp3) is 0.812. The Morgan fingerprint density at radius 2 is 2.15 bits per heavy atom. The normalized spacial score (nSPS) is 16.6.